The van der Waals surface area contributed by atoms with E-state index in [2.05, 4.69) is 10.2 Å². The van der Waals surface area contributed by atoms with E-state index in [4.69, 9.17) is 4.74 Å². The molecule has 3 aromatic rings. The van der Waals surface area contributed by atoms with Gasteiger partial charge in [0, 0.05) is 19.2 Å². The van der Waals surface area contributed by atoms with Gasteiger partial charge >= 0.3 is 0 Å². The molecule has 7 heteroatoms. The van der Waals surface area contributed by atoms with E-state index in [1.165, 1.54) is 18.2 Å². The maximum absolute atomic E-state index is 13.4. The van der Waals surface area contributed by atoms with Gasteiger partial charge in [-0.2, -0.15) is 0 Å². The van der Waals surface area contributed by atoms with E-state index >= 15 is 0 Å². The third kappa shape index (κ3) is 4.45. The number of ether oxygens (including phenoxy) is 1. The summed E-state index contributed by atoms with van der Waals surface area (Å²) in [5.41, 5.74) is 1.88. The Labute approximate surface area is 174 Å². The van der Waals surface area contributed by atoms with Gasteiger partial charge in [0.05, 0.1) is 12.8 Å². The lowest BCUT2D eigenvalue weighted by molar-refractivity contribution is -0.131. The molecule has 1 aromatic heterocycles. The molecule has 150 valence electrons. The summed E-state index contributed by atoms with van der Waals surface area (Å²) in [6.07, 6.45) is 5.00. The van der Waals surface area contributed by atoms with Crippen molar-refractivity contribution in [3.05, 3.63) is 66.5 Å². The molecule has 2 heterocycles. The van der Waals surface area contributed by atoms with Crippen LogP contribution in [0.5, 0.6) is 5.75 Å². The van der Waals surface area contributed by atoms with Crippen molar-refractivity contribution in [3.8, 4) is 11.4 Å². The van der Waals surface area contributed by atoms with Crippen molar-refractivity contribution in [2.75, 3.05) is 20.2 Å². The van der Waals surface area contributed by atoms with Gasteiger partial charge in [-0.15, -0.1) is 10.2 Å². The molecule has 0 saturated carbocycles. The molecule has 29 heavy (non-hydrogen) atoms. The van der Waals surface area contributed by atoms with Crippen LogP contribution >= 0.6 is 11.8 Å². The standard InChI is InChI=1S/C22H24N4O2S/c1-28-19-12-8-11-18(15-19)26-16-23-24-22(26)29-20(17-9-4-2-5-10-17)21(27)25-13-6-3-7-14-25/h2,4-5,8-12,15-16,20H,3,6-7,13-14H2,1H3/t20-/m1/s1. The van der Waals surface area contributed by atoms with Crippen molar-refractivity contribution in [2.45, 2.75) is 29.7 Å². The lowest BCUT2D eigenvalue weighted by Gasteiger charge is -2.30. The highest BCUT2D eigenvalue weighted by Crippen LogP contribution is 2.37. The maximum atomic E-state index is 13.4. The number of carbonyl (C=O) groups is 1. The number of methoxy groups -OCH3 is 1. The summed E-state index contributed by atoms with van der Waals surface area (Å²) in [6.45, 7) is 1.65. The number of nitrogens with zero attached hydrogens (tertiary/aromatic N) is 4. The van der Waals surface area contributed by atoms with E-state index in [0.717, 1.165) is 42.9 Å². The number of rotatable bonds is 6. The second-order valence-corrected chi connectivity index (χ2v) is 8.05. The minimum atomic E-state index is -0.358. The molecular formula is C22H24N4O2S. The van der Waals surface area contributed by atoms with Crippen molar-refractivity contribution in [1.29, 1.82) is 0 Å². The Balaban J connectivity index is 1.65. The monoisotopic (exact) mass is 408 g/mol. The van der Waals surface area contributed by atoms with Crippen molar-refractivity contribution in [2.24, 2.45) is 0 Å². The summed E-state index contributed by atoms with van der Waals surface area (Å²) in [7, 11) is 1.64. The highest BCUT2D eigenvalue weighted by Gasteiger charge is 2.29. The summed E-state index contributed by atoms with van der Waals surface area (Å²) >= 11 is 1.44. The molecule has 0 unspecified atom stereocenters. The summed E-state index contributed by atoms with van der Waals surface area (Å²) in [6, 6.07) is 17.6. The highest BCUT2D eigenvalue weighted by molar-refractivity contribution is 8.00. The van der Waals surface area contributed by atoms with E-state index in [1.54, 1.807) is 13.4 Å². The van der Waals surface area contributed by atoms with Crippen LogP contribution in [0.15, 0.2) is 66.1 Å². The van der Waals surface area contributed by atoms with Crippen LogP contribution < -0.4 is 4.74 Å². The number of piperidine rings is 1. The Bertz CT molecular complexity index is 954. The molecule has 1 saturated heterocycles. The molecule has 0 bridgehead atoms. The first-order valence-electron chi connectivity index (χ1n) is 9.81. The summed E-state index contributed by atoms with van der Waals surface area (Å²) in [5.74, 6) is 0.900. The Morgan fingerprint density at radius 3 is 2.62 bits per heavy atom. The van der Waals surface area contributed by atoms with Gasteiger partial charge in [-0.3, -0.25) is 9.36 Å². The van der Waals surface area contributed by atoms with Crippen molar-refractivity contribution in [3.63, 3.8) is 0 Å². The van der Waals surface area contributed by atoms with Gasteiger partial charge in [0.15, 0.2) is 5.16 Å². The zero-order valence-electron chi connectivity index (χ0n) is 16.4. The van der Waals surface area contributed by atoms with Gasteiger partial charge in [0.1, 0.15) is 17.3 Å². The molecule has 1 aliphatic heterocycles. The Hall–Kier alpha value is -2.80. The molecule has 4 rings (SSSR count). The number of amides is 1. The normalized spacial score (nSPS) is 15.1. The fraction of sp³-hybridized carbons (Fsp3) is 0.318. The molecule has 6 nitrogen and oxygen atoms in total. The van der Waals surface area contributed by atoms with Crippen LogP contribution in [0.3, 0.4) is 0 Å². The SMILES string of the molecule is COc1cccc(-n2cnnc2S[C@@H](C(=O)N2CCCCC2)c2ccccc2)c1. The lowest BCUT2D eigenvalue weighted by Crippen LogP contribution is -2.38. The van der Waals surface area contributed by atoms with Gasteiger partial charge < -0.3 is 9.64 Å². The van der Waals surface area contributed by atoms with E-state index in [1.807, 2.05) is 64.1 Å². The Morgan fingerprint density at radius 2 is 1.86 bits per heavy atom. The number of hydrogen-bond donors (Lipinski definition) is 0. The zero-order chi connectivity index (χ0) is 20.1. The van der Waals surface area contributed by atoms with Crippen LogP contribution in [-0.4, -0.2) is 45.8 Å². The summed E-state index contributed by atoms with van der Waals surface area (Å²) < 4.78 is 7.23. The predicted molar refractivity (Wildman–Crippen MR) is 113 cm³/mol. The first-order chi connectivity index (χ1) is 14.3. The lowest BCUT2D eigenvalue weighted by atomic mass is 10.1. The van der Waals surface area contributed by atoms with Crippen LogP contribution in [0.2, 0.25) is 0 Å². The number of carbonyl (C=O) groups excluding carboxylic acids is 1. The average Bonchev–Trinajstić information content (AvgIpc) is 3.26. The van der Waals surface area contributed by atoms with Gasteiger partial charge in [0.25, 0.3) is 0 Å². The molecule has 1 amide bonds. The minimum Gasteiger partial charge on any atom is -0.497 e. The summed E-state index contributed by atoms with van der Waals surface area (Å²) in [4.78, 5) is 15.4. The molecule has 1 fully saturated rings. The third-order valence-corrected chi connectivity index (χ3v) is 6.26. The first-order valence-corrected chi connectivity index (χ1v) is 10.7. The van der Waals surface area contributed by atoms with E-state index in [0.29, 0.717) is 5.16 Å². The van der Waals surface area contributed by atoms with Crippen LogP contribution in [0.4, 0.5) is 0 Å². The van der Waals surface area contributed by atoms with Crippen molar-refractivity contribution in [1.82, 2.24) is 19.7 Å². The van der Waals surface area contributed by atoms with Gasteiger partial charge in [0.2, 0.25) is 5.91 Å². The maximum Gasteiger partial charge on any atom is 0.240 e. The Kier molecular flexibility index (Phi) is 6.14. The quantitative estimate of drug-likeness (QED) is 0.574. The van der Waals surface area contributed by atoms with Crippen LogP contribution in [-0.2, 0) is 4.79 Å². The molecule has 0 aliphatic carbocycles. The van der Waals surface area contributed by atoms with Gasteiger partial charge in [-0.25, -0.2) is 0 Å². The minimum absolute atomic E-state index is 0.140. The number of likely N-dealkylation sites (tertiary alicyclic amines) is 1. The smallest absolute Gasteiger partial charge is 0.240 e. The number of thioether (sulfide) groups is 1. The molecule has 0 spiro atoms. The third-order valence-electron chi connectivity index (χ3n) is 5.07. The van der Waals surface area contributed by atoms with Gasteiger partial charge in [-0.1, -0.05) is 48.2 Å². The molecule has 0 radical (unpaired) electrons. The number of benzene rings is 2. The molecule has 1 aliphatic rings. The van der Waals surface area contributed by atoms with Crippen LogP contribution in [0.1, 0.15) is 30.1 Å². The van der Waals surface area contributed by atoms with Crippen LogP contribution in [0, 0.1) is 0 Å². The highest BCUT2D eigenvalue weighted by atomic mass is 32.2. The van der Waals surface area contributed by atoms with Gasteiger partial charge in [-0.05, 0) is 37.0 Å². The fourth-order valence-corrected chi connectivity index (χ4v) is 4.63. The molecule has 0 N–H and O–H groups in total. The second-order valence-electron chi connectivity index (χ2n) is 6.98. The number of aromatic nitrogens is 3. The average molecular weight is 409 g/mol. The van der Waals surface area contributed by atoms with Crippen molar-refractivity contribution >= 4 is 17.7 Å². The summed E-state index contributed by atoms with van der Waals surface area (Å²) in [5, 5.41) is 8.72. The van der Waals surface area contributed by atoms with E-state index < -0.39 is 0 Å². The fourth-order valence-electron chi connectivity index (χ4n) is 3.52. The topological polar surface area (TPSA) is 60.2 Å². The van der Waals surface area contributed by atoms with Crippen molar-refractivity contribution < 1.29 is 9.53 Å². The predicted octanol–water partition coefficient (Wildman–Crippen LogP) is 4.12. The largest absolute Gasteiger partial charge is 0.497 e. The molecule has 2 aromatic carbocycles. The molecule has 1 atom stereocenters. The first kappa shape index (κ1) is 19.5. The zero-order valence-corrected chi connectivity index (χ0v) is 17.2. The second kappa shape index (κ2) is 9.13. The van der Waals surface area contributed by atoms with E-state index in [9.17, 15) is 4.79 Å². The molecular weight excluding hydrogens is 384 g/mol. The van der Waals surface area contributed by atoms with E-state index in [-0.39, 0.29) is 11.2 Å². The number of hydrogen-bond acceptors (Lipinski definition) is 5. The van der Waals surface area contributed by atoms with Crippen LogP contribution in [0.25, 0.3) is 5.69 Å². The Morgan fingerprint density at radius 1 is 1.07 bits per heavy atom.